The van der Waals surface area contributed by atoms with Crippen molar-refractivity contribution >= 4 is 23.9 Å². The van der Waals surface area contributed by atoms with Crippen LogP contribution in [0, 0.1) is 5.41 Å². The fraction of sp³-hybridized carbons (Fsp3) is 0.400. The Kier molecular flexibility index (Phi) is 13.4. The molecule has 2 aromatic rings. The van der Waals surface area contributed by atoms with Gasteiger partial charge < -0.3 is 5.11 Å². The zero-order valence-electron chi connectivity index (χ0n) is 24.3. The van der Waals surface area contributed by atoms with Gasteiger partial charge in [0.15, 0.2) is 0 Å². The molecular formula is C30H38O11. The maximum atomic E-state index is 12.0. The molecule has 0 aromatic heterocycles. The van der Waals surface area contributed by atoms with E-state index in [9.17, 15) is 19.2 Å². The van der Waals surface area contributed by atoms with Crippen LogP contribution in [0.4, 0.5) is 0 Å². The number of carbonyl (C=O) groups excluding carboxylic acids is 3. The lowest BCUT2D eigenvalue weighted by Gasteiger charge is -2.28. The second-order valence-corrected chi connectivity index (χ2v) is 11.2. The summed E-state index contributed by atoms with van der Waals surface area (Å²) >= 11 is 0. The molecule has 0 amide bonds. The minimum absolute atomic E-state index is 0.0949. The van der Waals surface area contributed by atoms with Crippen molar-refractivity contribution in [1.29, 1.82) is 0 Å². The molecule has 0 unspecified atom stereocenters. The van der Waals surface area contributed by atoms with Crippen molar-refractivity contribution in [3.63, 3.8) is 0 Å². The molecule has 2 rings (SSSR count). The van der Waals surface area contributed by atoms with Crippen molar-refractivity contribution in [2.45, 2.75) is 72.5 Å². The van der Waals surface area contributed by atoms with Crippen LogP contribution in [-0.2, 0) is 34.0 Å². The first-order valence-electron chi connectivity index (χ1n) is 12.7. The van der Waals surface area contributed by atoms with Crippen LogP contribution in [0.1, 0.15) is 82.0 Å². The zero-order valence-corrected chi connectivity index (χ0v) is 24.3. The summed E-state index contributed by atoms with van der Waals surface area (Å²) in [6.07, 6.45) is 1.73. The lowest BCUT2D eigenvalue weighted by molar-refractivity contribution is -0.325. The van der Waals surface area contributed by atoms with Gasteiger partial charge in [-0.3, -0.25) is 14.7 Å². The number of hydrogen-bond acceptors (Lipinski definition) is 10. The molecule has 0 aliphatic carbocycles. The van der Waals surface area contributed by atoms with Crippen LogP contribution in [-0.4, -0.2) is 45.4 Å². The van der Waals surface area contributed by atoms with Gasteiger partial charge in [0.05, 0.1) is 16.7 Å². The molecule has 0 aliphatic rings. The van der Waals surface area contributed by atoms with Crippen LogP contribution >= 0.6 is 0 Å². The molecular weight excluding hydrogens is 536 g/mol. The summed E-state index contributed by atoms with van der Waals surface area (Å²) in [4.78, 5) is 69.2. The van der Waals surface area contributed by atoms with Gasteiger partial charge in [0, 0.05) is 6.08 Å². The molecule has 0 radical (unpaired) electrons. The Morgan fingerprint density at radius 2 is 1.05 bits per heavy atom. The molecule has 0 saturated carbocycles. The van der Waals surface area contributed by atoms with Crippen molar-refractivity contribution in [3.05, 3.63) is 83.4 Å². The molecule has 0 saturated heterocycles. The summed E-state index contributed by atoms with van der Waals surface area (Å²) in [6.45, 7) is 12.1. The Hall–Kier alpha value is -4.06. The SMILES string of the molecule is CC(C)(C)C(=CC(=O)O)C(=O)OO.CC(C)(CCC(C)(C)OOC(=O)c1ccccc1)OOC(=O)c1ccccc1. The molecule has 0 aliphatic heterocycles. The topological polar surface area (TPSA) is 155 Å². The molecule has 2 N–H and O–H groups in total. The molecule has 0 bridgehead atoms. The number of rotatable bonds is 11. The van der Waals surface area contributed by atoms with Gasteiger partial charge in [-0.1, -0.05) is 57.2 Å². The van der Waals surface area contributed by atoms with Gasteiger partial charge >= 0.3 is 23.9 Å². The number of hydrogen-bond donors (Lipinski definition) is 2. The van der Waals surface area contributed by atoms with Gasteiger partial charge in [-0.2, -0.15) is 15.0 Å². The number of benzene rings is 2. The van der Waals surface area contributed by atoms with Crippen molar-refractivity contribution in [2.75, 3.05) is 0 Å². The second kappa shape index (κ2) is 15.7. The minimum Gasteiger partial charge on any atom is -0.478 e. The summed E-state index contributed by atoms with van der Waals surface area (Å²) in [7, 11) is 0. The quantitative estimate of drug-likeness (QED) is 0.185. The lowest BCUT2D eigenvalue weighted by atomic mass is 9.86. The summed E-state index contributed by atoms with van der Waals surface area (Å²) in [5.41, 5.74) is -1.44. The zero-order chi connectivity index (χ0) is 31.3. The number of carboxylic acid groups (broad SMARTS) is 1. The lowest BCUT2D eigenvalue weighted by Crippen LogP contribution is -2.32. The van der Waals surface area contributed by atoms with E-state index >= 15 is 0 Å². The van der Waals surface area contributed by atoms with Crippen molar-refractivity contribution in [2.24, 2.45) is 5.41 Å². The highest BCUT2D eigenvalue weighted by molar-refractivity contribution is 5.96. The van der Waals surface area contributed by atoms with Gasteiger partial charge in [-0.15, -0.1) is 0 Å². The van der Waals surface area contributed by atoms with E-state index in [-0.39, 0.29) is 5.57 Å². The number of aliphatic carboxylic acids is 1. The predicted octanol–water partition coefficient (Wildman–Crippen LogP) is 5.96. The Morgan fingerprint density at radius 3 is 1.34 bits per heavy atom. The average molecular weight is 575 g/mol. The van der Waals surface area contributed by atoms with E-state index in [2.05, 4.69) is 4.89 Å². The summed E-state index contributed by atoms with van der Waals surface area (Å²) < 4.78 is 0. The Balaban J connectivity index is 0.000000545. The normalized spacial score (nSPS) is 12.0. The Bertz CT molecular complexity index is 1110. The van der Waals surface area contributed by atoms with E-state index in [1.165, 1.54) is 0 Å². The minimum atomic E-state index is -1.25. The third kappa shape index (κ3) is 13.7. The fourth-order valence-corrected chi connectivity index (χ4v) is 2.99. The van der Waals surface area contributed by atoms with Crippen LogP contribution < -0.4 is 0 Å². The van der Waals surface area contributed by atoms with Crippen LogP contribution in [0.15, 0.2) is 72.3 Å². The standard InChI is InChI=1S/C22H26O6.C8H12O5/c1-21(2,27-25-19(23)17-11-7-5-8-12-17)15-16-22(3,4)28-26-20(24)18-13-9-6-10-14-18;1-8(2,3)5(4-6(9)10)7(11)13-12/h5-14H,15-16H2,1-4H3;4,12H,1-3H3,(H,9,10). The summed E-state index contributed by atoms with van der Waals surface area (Å²) in [6, 6.07) is 17.2. The summed E-state index contributed by atoms with van der Waals surface area (Å²) in [5, 5.41) is 16.5. The monoisotopic (exact) mass is 574 g/mol. The molecule has 11 nitrogen and oxygen atoms in total. The smallest absolute Gasteiger partial charge is 0.373 e. The molecule has 0 atom stereocenters. The van der Waals surface area contributed by atoms with Crippen LogP contribution in [0.2, 0.25) is 0 Å². The van der Waals surface area contributed by atoms with Crippen LogP contribution in [0.5, 0.6) is 0 Å². The van der Waals surface area contributed by atoms with Crippen LogP contribution in [0.3, 0.4) is 0 Å². The largest absolute Gasteiger partial charge is 0.478 e. The molecule has 0 spiro atoms. The van der Waals surface area contributed by atoms with Gasteiger partial charge in [-0.05, 0) is 70.2 Å². The highest BCUT2D eigenvalue weighted by Crippen LogP contribution is 2.27. The van der Waals surface area contributed by atoms with E-state index in [0.29, 0.717) is 24.0 Å². The van der Waals surface area contributed by atoms with Gasteiger partial charge in [0.25, 0.3) is 0 Å². The highest BCUT2D eigenvalue weighted by Gasteiger charge is 2.30. The van der Waals surface area contributed by atoms with Crippen molar-refractivity contribution in [3.8, 4) is 0 Å². The first kappa shape index (κ1) is 35.0. The number of carbonyl (C=O) groups is 4. The van der Waals surface area contributed by atoms with Crippen LogP contribution in [0.25, 0.3) is 0 Å². The van der Waals surface area contributed by atoms with E-state index in [1.54, 1.807) is 97.0 Å². The molecule has 0 fully saturated rings. The van der Waals surface area contributed by atoms with Gasteiger partial charge in [0.2, 0.25) is 0 Å². The van der Waals surface area contributed by atoms with E-state index in [4.69, 9.17) is 29.9 Å². The van der Waals surface area contributed by atoms with Crippen molar-refractivity contribution < 1.29 is 54.0 Å². The molecule has 41 heavy (non-hydrogen) atoms. The third-order valence-corrected chi connectivity index (χ3v) is 5.41. The predicted molar refractivity (Wildman–Crippen MR) is 147 cm³/mol. The van der Waals surface area contributed by atoms with E-state index in [0.717, 1.165) is 6.08 Å². The Morgan fingerprint density at radius 1 is 0.683 bits per heavy atom. The molecule has 2 aromatic carbocycles. The molecule has 224 valence electrons. The number of carboxylic acids is 1. The average Bonchev–Trinajstić information content (AvgIpc) is 2.93. The molecule has 0 heterocycles. The third-order valence-electron chi connectivity index (χ3n) is 5.41. The second-order valence-electron chi connectivity index (χ2n) is 11.2. The fourth-order valence-electron chi connectivity index (χ4n) is 2.99. The van der Waals surface area contributed by atoms with E-state index < -0.39 is 40.5 Å². The first-order chi connectivity index (χ1) is 19.0. The molecule has 11 heteroatoms. The van der Waals surface area contributed by atoms with Gasteiger partial charge in [-0.25, -0.2) is 19.2 Å². The highest BCUT2D eigenvalue weighted by atomic mass is 17.2. The maximum Gasteiger partial charge on any atom is 0.373 e. The first-order valence-corrected chi connectivity index (χ1v) is 12.7. The maximum absolute atomic E-state index is 12.0. The van der Waals surface area contributed by atoms with Crippen molar-refractivity contribution in [1.82, 2.24) is 0 Å². The summed E-state index contributed by atoms with van der Waals surface area (Å²) in [5.74, 6) is -3.41. The Labute approximate surface area is 239 Å². The van der Waals surface area contributed by atoms with Gasteiger partial charge in [0.1, 0.15) is 11.2 Å². The van der Waals surface area contributed by atoms with E-state index in [1.807, 2.05) is 12.1 Å².